The molecule has 116 valence electrons. The van der Waals surface area contributed by atoms with E-state index >= 15 is 0 Å². The molecule has 1 aromatic rings. The number of nitrogens with zero attached hydrogens (tertiary/aromatic N) is 2. The summed E-state index contributed by atoms with van der Waals surface area (Å²) in [7, 11) is 0. The lowest BCUT2D eigenvalue weighted by Gasteiger charge is -2.41. The molecule has 0 saturated carbocycles. The summed E-state index contributed by atoms with van der Waals surface area (Å²) >= 11 is 0. The Morgan fingerprint density at radius 2 is 1.67 bits per heavy atom. The van der Waals surface area contributed by atoms with Gasteiger partial charge in [0.25, 0.3) is 0 Å². The predicted molar refractivity (Wildman–Crippen MR) is 90.8 cm³/mol. The van der Waals surface area contributed by atoms with Gasteiger partial charge in [0.1, 0.15) is 0 Å². The molecule has 1 aromatic carbocycles. The Balaban J connectivity index is 1.51. The maximum absolute atomic E-state index is 2.72. The highest BCUT2D eigenvalue weighted by Crippen LogP contribution is 2.29. The lowest BCUT2D eigenvalue weighted by Crippen LogP contribution is -2.45. The quantitative estimate of drug-likeness (QED) is 0.828. The molecule has 0 bridgehead atoms. The van der Waals surface area contributed by atoms with Gasteiger partial charge in [-0.05, 0) is 69.7 Å². The number of rotatable bonds is 3. The van der Waals surface area contributed by atoms with Crippen molar-refractivity contribution in [2.75, 3.05) is 31.1 Å². The summed E-state index contributed by atoms with van der Waals surface area (Å²) in [6.45, 7) is 10.0. The summed E-state index contributed by atoms with van der Waals surface area (Å²) in [5.74, 6) is 1.84. The van der Waals surface area contributed by atoms with Crippen LogP contribution >= 0.6 is 0 Å². The highest BCUT2D eigenvalue weighted by atomic mass is 15.2. The summed E-state index contributed by atoms with van der Waals surface area (Å²) in [6, 6.07) is 11.6. The number of anilines is 1. The summed E-state index contributed by atoms with van der Waals surface area (Å²) in [5.41, 5.74) is 1.40. The van der Waals surface area contributed by atoms with E-state index in [4.69, 9.17) is 0 Å². The van der Waals surface area contributed by atoms with E-state index in [-0.39, 0.29) is 0 Å². The molecule has 2 heterocycles. The fraction of sp³-hybridized carbons (Fsp3) is 0.684. The summed E-state index contributed by atoms with van der Waals surface area (Å²) in [5, 5.41) is 0. The molecule has 3 rings (SSSR count). The van der Waals surface area contributed by atoms with Gasteiger partial charge in [-0.3, -0.25) is 0 Å². The van der Waals surface area contributed by atoms with E-state index < -0.39 is 0 Å². The number of hydrogen-bond donors (Lipinski definition) is 0. The molecule has 0 amide bonds. The van der Waals surface area contributed by atoms with Gasteiger partial charge in [0.05, 0.1) is 0 Å². The smallest absolute Gasteiger partial charge is 0.0368 e. The van der Waals surface area contributed by atoms with Gasteiger partial charge in [-0.25, -0.2) is 0 Å². The Bertz CT molecular complexity index is 422. The first-order chi connectivity index (χ1) is 10.2. The number of para-hydroxylation sites is 1. The molecular formula is C19H30N2. The van der Waals surface area contributed by atoms with Gasteiger partial charge in [-0.1, -0.05) is 25.1 Å². The van der Waals surface area contributed by atoms with Gasteiger partial charge >= 0.3 is 0 Å². The predicted octanol–water partition coefficient (Wildman–Crippen LogP) is 4.02. The van der Waals surface area contributed by atoms with Crippen molar-refractivity contribution < 1.29 is 0 Å². The second kappa shape index (κ2) is 6.83. The highest BCUT2D eigenvalue weighted by Gasteiger charge is 2.27. The maximum Gasteiger partial charge on any atom is 0.0368 e. The lowest BCUT2D eigenvalue weighted by atomic mass is 9.89. The molecule has 2 unspecified atom stereocenters. The Labute approximate surface area is 130 Å². The fourth-order valence-electron chi connectivity index (χ4n) is 4.05. The van der Waals surface area contributed by atoms with Crippen LogP contribution in [-0.4, -0.2) is 37.1 Å². The van der Waals surface area contributed by atoms with Gasteiger partial charge < -0.3 is 9.80 Å². The lowest BCUT2D eigenvalue weighted by molar-refractivity contribution is 0.151. The summed E-state index contributed by atoms with van der Waals surface area (Å²) in [6.07, 6.45) is 5.50. The molecule has 2 fully saturated rings. The average molecular weight is 286 g/mol. The molecule has 0 aromatic heterocycles. The Hall–Kier alpha value is -1.02. The first-order valence-corrected chi connectivity index (χ1v) is 8.76. The molecule has 2 aliphatic rings. The Morgan fingerprint density at radius 1 is 0.952 bits per heavy atom. The van der Waals surface area contributed by atoms with Crippen LogP contribution in [0.5, 0.6) is 0 Å². The van der Waals surface area contributed by atoms with E-state index in [1.807, 2.05) is 0 Å². The van der Waals surface area contributed by atoms with E-state index in [9.17, 15) is 0 Å². The van der Waals surface area contributed by atoms with Crippen LogP contribution in [0.25, 0.3) is 0 Å². The number of hydrogen-bond acceptors (Lipinski definition) is 2. The maximum atomic E-state index is 2.72. The normalized spacial score (nSPS) is 28.8. The van der Waals surface area contributed by atoms with Gasteiger partial charge in [0, 0.05) is 24.8 Å². The van der Waals surface area contributed by atoms with Crippen molar-refractivity contribution >= 4 is 5.69 Å². The Morgan fingerprint density at radius 3 is 2.33 bits per heavy atom. The minimum atomic E-state index is 0.676. The van der Waals surface area contributed by atoms with Crippen molar-refractivity contribution in [1.29, 1.82) is 0 Å². The largest absolute Gasteiger partial charge is 0.369 e. The van der Waals surface area contributed by atoms with Gasteiger partial charge in [-0.2, -0.15) is 0 Å². The zero-order valence-electron chi connectivity index (χ0n) is 13.7. The fourth-order valence-corrected chi connectivity index (χ4v) is 4.05. The molecule has 0 spiro atoms. The topological polar surface area (TPSA) is 6.48 Å². The van der Waals surface area contributed by atoms with Crippen LogP contribution in [-0.2, 0) is 0 Å². The van der Waals surface area contributed by atoms with E-state index in [0.717, 1.165) is 11.8 Å². The van der Waals surface area contributed by atoms with E-state index in [2.05, 4.69) is 54.0 Å². The second-order valence-electron chi connectivity index (χ2n) is 7.25. The zero-order valence-corrected chi connectivity index (χ0v) is 13.7. The van der Waals surface area contributed by atoms with Crippen molar-refractivity contribution in [2.24, 2.45) is 11.8 Å². The van der Waals surface area contributed by atoms with Crippen LogP contribution in [0.15, 0.2) is 30.3 Å². The van der Waals surface area contributed by atoms with Crippen molar-refractivity contribution in [1.82, 2.24) is 4.90 Å². The van der Waals surface area contributed by atoms with Crippen LogP contribution in [0.2, 0.25) is 0 Å². The molecular weight excluding hydrogens is 256 g/mol. The summed E-state index contributed by atoms with van der Waals surface area (Å²) < 4.78 is 0. The third kappa shape index (κ3) is 3.79. The molecule has 21 heavy (non-hydrogen) atoms. The monoisotopic (exact) mass is 286 g/mol. The molecule has 2 nitrogen and oxygen atoms in total. The number of likely N-dealkylation sites (tertiary alicyclic amines) is 1. The Kier molecular flexibility index (Phi) is 4.84. The minimum absolute atomic E-state index is 0.676. The molecule has 2 heteroatoms. The first kappa shape index (κ1) is 14.9. The van der Waals surface area contributed by atoms with Gasteiger partial charge in [0.15, 0.2) is 0 Å². The van der Waals surface area contributed by atoms with E-state index in [0.29, 0.717) is 6.04 Å². The SMILES string of the molecule is CC1CCN(CC2CCN(c3ccccc3)C(C)C2)CC1. The van der Waals surface area contributed by atoms with Crippen molar-refractivity contribution in [3.05, 3.63) is 30.3 Å². The standard InChI is InChI=1S/C19H30N2/c1-16-8-11-20(12-9-16)15-18-10-13-21(17(2)14-18)19-6-4-3-5-7-19/h3-7,16-18H,8-15H2,1-2H3. The van der Waals surface area contributed by atoms with Crippen molar-refractivity contribution in [3.63, 3.8) is 0 Å². The molecule has 0 aliphatic carbocycles. The van der Waals surface area contributed by atoms with Gasteiger partial charge in [-0.15, -0.1) is 0 Å². The third-order valence-electron chi connectivity index (χ3n) is 5.47. The number of piperidine rings is 2. The van der Waals surface area contributed by atoms with Crippen LogP contribution in [0.3, 0.4) is 0 Å². The third-order valence-corrected chi connectivity index (χ3v) is 5.47. The van der Waals surface area contributed by atoms with Crippen LogP contribution in [0.1, 0.15) is 39.5 Å². The van der Waals surface area contributed by atoms with Crippen molar-refractivity contribution in [2.45, 2.75) is 45.6 Å². The number of benzene rings is 1. The second-order valence-corrected chi connectivity index (χ2v) is 7.25. The van der Waals surface area contributed by atoms with Crippen LogP contribution in [0.4, 0.5) is 5.69 Å². The molecule has 0 radical (unpaired) electrons. The average Bonchev–Trinajstić information content (AvgIpc) is 2.51. The highest BCUT2D eigenvalue weighted by molar-refractivity contribution is 5.47. The summed E-state index contributed by atoms with van der Waals surface area (Å²) in [4.78, 5) is 5.31. The van der Waals surface area contributed by atoms with E-state index in [1.54, 1.807) is 0 Å². The zero-order chi connectivity index (χ0) is 14.7. The van der Waals surface area contributed by atoms with E-state index in [1.165, 1.54) is 57.5 Å². The molecule has 0 N–H and O–H groups in total. The van der Waals surface area contributed by atoms with Gasteiger partial charge in [0.2, 0.25) is 0 Å². The minimum Gasteiger partial charge on any atom is -0.369 e. The first-order valence-electron chi connectivity index (χ1n) is 8.76. The molecule has 2 saturated heterocycles. The van der Waals surface area contributed by atoms with Crippen LogP contribution in [0, 0.1) is 11.8 Å². The van der Waals surface area contributed by atoms with Crippen LogP contribution < -0.4 is 4.90 Å². The molecule has 2 atom stereocenters. The van der Waals surface area contributed by atoms with Crippen molar-refractivity contribution in [3.8, 4) is 0 Å². The molecule has 2 aliphatic heterocycles.